The minimum Gasteiger partial charge on any atom is -0.319 e. The van der Waals surface area contributed by atoms with Crippen LogP contribution in [0.4, 0.5) is 0 Å². The number of rotatable bonds is 4. The van der Waals surface area contributed by atoms with Crippen molar-refractivity contribution in [1.82, 2.24) is 25.5 Å². The Kier molecular flexibility index (Phi) is 3.48. The van der Waals surface area contributed by atoms with Crippen LogP contribution in [0.15, 0.2) is 24.3 Å². The molecule has 2 aromatic rings. The Hall–Kier alpha value is -1.46. The molecule has 0 unspecified atom stereocenters. The fraction of sp³-hybridized carbons (Fsp3) is 0.300. The van der Waals surface area contributed by atoms with Gasteiger partial charge < -0.3 is 5.32 Å². The molecule has 0 radical (unpaired) electrons. The summed E-state index contributed by atoms with van der Waals surface area (Å²) in [6, 6.07) is 7.45. The Balaban J connectivity index is 2.29. The maximum absolute atomic E-state index is 5.92. The Morgan fingerprint density at radius 1 is 1.44 bits per heavy atom. The fourth-order valence-electron chi connectivity index (χ4n) is 1.41. The van der Waals surface area contributed by atoms with Crippen LogP contribution >= 0.6 is 11.6 Å². The van der Waals surface area contributed by atoms with E-state index >= 15 is 0 Å². The third-order valence-electron chi connectivity index (χ3n) is 2.19. The first-order chi connectivity index (χ1) is 7.81. The van der Waals surface area contributed by atoms with Crippen molar-refractivity contribution in [2.24, 2.45) is 0 Å². The van der Waals surface area contributed by atoms with E-state index in [2.05, 4.69) is 20.8 Å². The fourth-order valence-corrected chi connectivity index (χ4v) is 1.59. The van der Waals surface area contributed by atoms with Gasteiger partial charge in [0, 0.05) is 18.0 Å². The molecule has 5 nitrogen and oxygen atoms in total. The first kappa shape index (κ1) is 11.0. The molecule has 0 saturated heterocycles. The molecule has 0 aliphatic carbocycles. The normalized spacial score (nSPS) is 10.6. The molecule has 2 rings (SSSR count). The third kappa shape index (κ3) is 2.37. The lowest BCUT2D eigenvalue weighted by atomic mass is 10.3. The zero-order valence-electron chi connectivity index (χ0n) is 8.89. The van der Waals surface area contributed by atoms with Gasteiger partial charge in [-0.2, -0.15) is 4.68 Å². The standard InChI is InChI=1S/C10H12ClN5/c1-12-6-5-10-13-14-15-16(10)9-4-2-3-8(11)7-9/h2-4,7,12H,5-6H2,1H3. The highest BCUT2D eigenvalue weighted by atomic mass is 35.5. The predicted molar refractivity (Wildman–Crippen MR) is 61.8 cm³/mol. The van der Waals surface area contributed by atoms with Crippen LogP contribution < -0.4 is 5.32 Å². The van der Waals surface area contributed by atoms with Gasteiger partial charge in [-0.15, -0.1) is 5.10 Å². The van der Waals surface area contributed by atoms with Crippen molar-refractivity contribution in [1.29, 1.82) is 0 Å². The molecule has 0 bridgehead atoms. The van der Waals surface area contributed by atoms with E-state index in [4.69, 9.17) is 11.6 Å². The number of likely N-dealkylation sites (N-methyl/N-ethyl adjacent to an activating group) is 1. The van der Waals surface area contributed by atoms with E-state index in [1.165, 1.54) is 0 Å². The minimum absolute atomic E-state index is 0.674. The molecule has 0 aliphatic rings. The van der Waals surface area contributed by atoms with Gasteiger partial charge in [0.25, 0.3) is 0 Å². The van der Waals surface area contributed by atoms with Crippen LogP contribution in [0.2, 0.25) is 5.02 Å². The second-order valence-electron chi connectivity index (χ2n) is 3.34. The third-order valence-corrected chi connectivity index (χ3v) is 2.42. The first-order valence-electron chi connectivity index (χ1n) is 4.99. The maximum Gasteiger partial charge on any atom is 0.157 e. The highest BCUT2D eigenvalue weighted by Crippen LogP contribution is 2.14. The number of nitrogens with zero attached hydrogens (tertiary/aromatic N) is 4. The van der Waals surface area contributed by atoms with E-state index in [0.717, 1.165) is 24.5 Å². The average Bonchev–Trinajstić information content (AvgIpc) is 2.74. The Labute approximate surface area is 98.4 Å². The Morgan fingerprint density at radius 3 is 3.06 bits per heavy atom. The van der Waals surface area contributed by atoms with Crippen LogP contribution in [0, 0.1) is 0 Å². The van der Waals surface area contributed by atoms with Gasteiger partial charge in [-0.05, 0) is 35.7 Å². The van der Waals surface area contributed by atoms with E-state index in [9.17, 15) is 0 Å². The summed E-state index contributed by atoms with van der Waals surface area (Å²) in [5.41, 5.74) is 0.878. The molecule has 0 aliphatic heterocycles. The molecular formula is C10H12ClN5. The number of tetrazole rings is 1. The number of hydrogen-bond acceptors (Lipinski definition) is 4. The van der Waals surface area contributed by atoms with Gasteiger partial charge in [0.1, 0.15) is 0 Å². The zero-order valence-corrected chi connectivity index (χ0v) is 9.65. The van der Waals surface area contributed by atoms with Gasteiger partial charge in [0.15, 0.2) is 5.82 Å². The quantitative estimate of drug-likeness (QED) is 0.865. The summed E-state index contributed by atoms with van der Waals surface area (Å²) in [6.45, 7) is 0.834. The lowest BCUT2D eigenvalue weighted by molar-refractivity contribution is 0.716. The summed E-state index contributed by atoms with van der Waals surface area (Å²) in [6.07, 6.45) is 0.774. The summed E-state index contributed by atoms with van der Waals surface area (Å²) >= 11 is 5.92. The van der Waals surface area contributed by atoms with Gasteiger partial charge >= 0.3 is 0 Å². The smallest absolute Gasteiger partial charge is 0.157 e. The summed E-state index contributed by atoms with van der Waals surface area (Å²) in [7, 11) is 1.90. The van der Waals surface area contributed by atoms with Crippen molar-refractivity contribution in [3.63, 3.8) is 0 Å². The van der Waals surface area contributed by atoms with Crippen molar-refractivity contribution >= 4 is 11.6 Å². The van der Waals surface area contributed by atoms with E-state index in [1.54, 1.807) is 4.68 Å². The largest absolute Gasteiger partial charge is 0.319 e. The van der Waals surface area contributed by atoms with E-state index in [-0.39, 0.29) is 0 Å². The van der Waals surface area contributed by atoms with Crippen LogP contribution in [0.3, 0.4) is 0 Å². The van der Waals surface area contributed by atoms with Crippen LogP contribution in [0.5, 0.6) is 0 Å². The van der Waals surface area contributed by atoms with Crippen molar-refractivity contribution in [3.05, 3.63) is 35.1 Å². The first-order valence-corrected chi connectivity index (χ1v) is 5.37. The molecule has 1 N–H and O–H groups in total. The number of aromatic nitrogens is 4. The van der Waals surface area contributed by atoms with E-state index in [0.29, 0.717) is 5.02 Å². The molecule has 6 heteroatoms. The van der Waals surface area contributed by atoms with Gasteiger partial charge in [0.05, 0.1) is 5.69 Å². The molecule has 84 valence electrons. The summed E-state index contributed by atoms with van der Waals surface area (Å²) < 4.78 is 1.70. The average molecular weight is 238 g/mol. The van der Waals surface area contributed by atoms with Crippen LogP contribution in [-0.4, -0.2) is 33.8 Å². The molecule has 0 atom stereocenters. The van der Waals surface area contributed by atoms with Crippen LogP contribution in [0.1, 0.15) is 5.82 Å². The molecule has 1 aromatic heterocycles. The number of hydrogen-bond donors (Lipinski definition) is 1. The minimum atomic E-state index is 0.674. The molecule has 16 heavy (non-hydrogen) atoms. The number of nitrogens with one attached hydrogen (secondary N) is 1. The molecule has 0 amide bonds. The second kappa shape index (κ2) is 5.05. The van der Waals surface area contributed by atoms with Crippen LogP contribution in [0.25, 0.3) is 5.69 Å². The topological polar surface area (TPSA) is 55.6 Å². The molecule has 0 saturated carbocycles. The van der Waals surface area contributed by atoms with Crippen molar-refractivity contribution in [2.45, 2.75) is 6.42 Å². The van der Waals surface area contributed by atoms with E-state index < -0.39 is 0 Å². The summed E-state index contributed by atoms with van der Waals surface area (Å²) in [5.74, 6) is 0.816. The molecule has 1 aromatic carbocycles. The Morgan fingerprint density at radius 2 is 2.31 bits per heavy atom. The predicted octanol–water partition coefficient (Wildman–Crippen LogP) is 1.08. The summed E-state index contributed by atoms with van der Waals surface area (Å²) in [4.78, 5) is 0. The molecule has 0 fully saturated rings. The van der Waals surface area contributed by atoms with Gasteiger partial charge in [0.2, 0.25) is 0 Å². The number of halogens is 1. The lowest BCUT2D eigenvalue weighted by Gasteiger charge is -2.04. The zero-order chi connectivity index (χ0) is 11.4. The monoisotopic (exact) mass is 237 g/mol. The van der Waals surface area contributed by atoms with Crippen molar-refractivity contribution < 1.29 is 0 Å². The van der Waals surface area contributed by atoms with Gasteiger partial charge in [-0.3, -0.25) is 0 Å². The van der Waals surface area contributed by atoms with E-state index in [1.807, 2.05) is 31.3 Å². The number of benzene rings is 1. The highest BCUT2D eigenvalue weighted by Gasteiger charge is 2.07. The SMILES string of the molecule is CNCCc1nnnn1-c1cccc(Cl)c1. The van der Waals surface area contributed by atoms with Crippen molar-refractivity contribution in [2.75, 3.05) is 13.6 Å². The maximum atomic E-state index is 5.92. The molecular weight excluding hydrogens is 226 g/mol. The summed E-state index contributed by atoms with van der Waals surface area (Å²) in [5, 5.41) is 15.3. The second-order valence-corrected chi connectivity index (χ2v) is 3.78. The molecule has 1 heterocycles. The van der Waals surface area contributed by atoms with Crippen molar-refractivity contribution in [3.8, 4) is 5.69 Å². The van der Waals surface area contributed by atoms with Gasteiger partial charge in [-0.1, -0.05) is 17.7 Å². The molecule has 0 spiro atoms. The lowest BCUT2D eigenvalue weighted by Crippen LogP contribution is -2.14. The highest BCUT2D eigenvalue weighted by molar-refractivity contribution is 6.30. The van der Waals surface area contributed by atoms with Crippen LogP contribution in [-0.2, 0) is 6.42 Å². The Bertz CT molecular complexity index is 468. The van der Waals surface area contributed by atoms with Gasteiger partial charge in [-0.25, -0.2) is 0 Å².